The second kappa shape index (κ2) is 15.6. The maximum absolute atomic E-state index is 5.53. The molecule has 0 bridgehead atoms. The minimum absolute atomic E-state index is 0. The van der Waals surface area contributed by atoms with Gasteiger partial charge < -0.3 is 20.1 Å². The first kappa shape index (κ1) is 23.1. The second-order valence-corrected chi connectivity index (χ2v) is 5.15. The van der Waals surface area contributed by atoms with Crippen molar-refractivity contribution < 1.29 is 9.47 Å². The van der Waals surface area contributed by atoms with Crippen LogP contribution in [0.5, 0.6) is 0 Å². The van der Waals surface area contributed by atoms with Gasteiger partial charge >= 0.3 is 0 Å². The number of aromatic nitrogens is 2. The van der Waals surface area contributed by atoms with Crippen LogP contribution in [0.4, 0.5) is 0 Å². The third kappa shape index (κ3) is 10.8. The van der Waals surface area contributed by atoms with Gasteiger partial charge in [0.05, 0.1) is 32.1 Å². The quantitative estimate of drug-likeness (QED) is 0.219. The molecular weight excluding hydrogens is 421 g/mol. The van der Waals surface area contributed by atoms with Gasteiger partial charge in [-0.3, -0.25) is 4.68 Å². The molecule has 0 saturated carbocycles. The number of nitrogens with one attached hydrogen (secondary N) is 2. The van der Waals surface area contributed by atoms with Crippen LogP contribution in [-0.4, -0.2) is 55.3 Å². The molecule has 8 heteroatoms. The lowest BCUT2D eigenvalue weighted by Crippen LogP contribution is -2.39. The number of hydrogen-bond donors (Lipinski definition) is 2. The van der Waals surface area contributed by atoms with E-state index in [0.29, 0.717) is 32.9 Å². The molecule has 0 saturated heterocycles. The molecule has 140 valence electrons. The molecule has 0 atom stereocenters. The molecule has 2 N–H and O–H groups in total. The number of rotatable bonds is 12. The average Bonchev–Trinajstić information content (AvgIpc) is 2.96. The van der Waals surface area contributed by atoms with Gasteiger partial charge in [-0.15, -0.1) is 24.0 Å². The summed E-state index contributed by atoms with van der Waals surface area (Å²) < 4.78 is 12.8. The van der Waals surface area contributed by atoms with Gasteiger partial charge in [-0.25, -0.2) is 4.99 Å². The Kier molecular flexibility index (Phi) is 15.1. The lowest BCUT2D eigenvalue weighted by atomic mass is 10.4. The SMILES string of the molecule is CCCCOCCOCCNC(=NCc1ccnn1C)NCC.I. The lowest BCUT2D eigenvalue weighted by Gasteiger charge is -2.11. The number of hydrogen-bond acceptors (Lipinski definition) is 4. The molecule has 0 fully saturated rings. The minimum Gasteiger partial charge on any atom is -0.379 e. The van der Waals surface area contributed by atoms with Crippen molar-refractivity contribution in [3.8, 4) is 0 Å². The highest BCUT2D eigenvalue weighted by atomic mass is 127. The Labute approximate surface area is 162 Å². The Hall–Kier alpha value is -0.870. The van der Waals surface area contributed by atoms with Crippen molar-refractivity contribution in [2.45, 2.75) is 33.2 Å². The predicted octanol–water partition coefficient (Wildman–Crippen LogP) is 1.93. The van der Waals surface area contributed by atoms with Crippen LogP contribution in [0.15, 0.2) is 17.3 Å². The minimum atomic E-state index is 0. The van der Waals surface area contributed by atoms with Gasteiger partial charge in [0.25, 0.3) is 0 Å². The van der Waals surface area contributed by atoms with Crippen LogP contribution in [0.2, 0.25) is 0 Å². The van der Waals surface area contributed by atoms with E-state index in [0.717, 1.165) is 37.6 Å². The molecule has 0 aromatic carbocycles. The highest BCUT2D eigenvalue weighted by Gasteiger charge is 2.00. The molecule has 0 aliphatic heterocycles. The molecule has 0 aliphatic carbocycles. The molecule has 1 aromatic rings. The van der Waals surface area contributed by atoms with Crippen molar-refractivity contribution in [1.82, 2.24) is 20.4 Å². The smallest absolute Gasteiger partial charge is 0.191 e. The zero-order valence-electron chi connectivity index (χ0n) is 15.1. The van der Waals surface area contributed by atoms with Gasteiger partial charge in [-0.05, 0) is 19.4 Å². The highest BCUT2D eigenvalue weighted by Crippen LogP contribution is 1.97. The van der Waals surface area contributed by atoms with Crippen LogP contribution < -0.4 is 10.6 Å². The number of aliphatic imine (C=N–C) groups is 1. The first-order chi connectivity index (χ1) is 11.3. The molecule has 0 unspecified atom stereocenters. The Bertz CT molecular complexity index is 440. The zero-order chi connectivity index (χ0) is 16.8. The molecule has 1 rings (SSSR count). The van der Waals surface area contributed by atoms with Crippen LogP contribution in [0, 0.1) is 0 Å². The molecule has 0 spiro atoms. The summed E-state index contributed by atoms with van der Waals surface area (Å²) in [6.45, 7) is 9.08. The van der Waals surface area contributed by atoms with E-state index in [-0.39, 0.29) is 24.0 Å². The van der Waals surface area contributed by atoms with Gasteiger partial charge in [-0.1, -0.05) is 13.3 Å². The van der Waals surface area contributed by atoms with Gasteiger partial charge in [0, 0.05) is 32.9 Å². The summed E-state index contributed by atoms with van der Waals surface area (Å²) in [4.78, 5) is 4.54. The highest BCUT2D eigenvalue weighted by molar-refractivity contribution is 14.0. The summed E-state index contributed by atoms with van der Waals surface area (Å²) >= 11 is 0. The second-order valence-electron chi connectivity index (χ2n) is 5.15. The summed E-state index contributed by atoms with van der Waals surface area (Å²) in [7, 11) is 1.92. The Morgan fingerprint density at radius 1 is 1.17 bits per heavy atom. The fraction of sp³-hybridized carbons (Fsp3) is 0.750. The first-order valence-corrected chi connectivity index (χ1v) is 8.42. The third-order valence-electron chi connectivity index (χ3n) is 3.22. The zero-order valence-corrected chi connectivity index (χ0v) is 17.4. The average molecular weight is 453 g/mol. The van der Waals surface area contributed by atoms with Gasteiger partial charge in [0.15, 0.2) is 5.96 Å². The number of halogens is 1. The number of aryl methyl sites for hydroxylation is 1. The normalized spacial score (nSPS) is 11.2. The maximum Gasteiger partial charge on any atom is 0.191 e. The van der Waals surface area contributed by atoms with Crippen LogP contribution in [0.3, 0.4) is 0 Å². The van der Waals surface area contributed by atoms with Crippen molar-refractivity contribution in [1.29, 1.82) is 0 Å². The lowest BCUT2D eigenvalue weighted by molar-refractivity contribution is 0.0487. The van der Waals surface area contributed by atoms with E-state index in [4.69, 9.17) is 9.47 Å². The van der Waals surface area contributed by atoms with Crippen molar-refractivity contribution in [2.24, 2.45) is 12.0 Å². The topological polar surface area (TPSA) is 72.7 Å². The van der Waals surface area contributed by atoms with E-state index >= 15 is 0 Å². The maximum atomic E-state index is 5.53. The first-order valence-electron chi connectivity index (χ1n) is 8.42. The molecule has 0 radical (unpaired) electrons. The van der Waals surface area contributed by atoms with Crippen molar-refractivity contribution in [3.05, 3.63) is 18.0 Å². The van der Waals surface area contributed by atoms with E-state index in [1.54, 1.807) is 6.20 Å². The Morgan fingerprint density at radius 3 is 2.54 bits per heavy atom. The summed E-state index contributed by atoms with van der Waals surface area (Å²) in [5.74, 6) is 0.788. The van der Waals surface area contributed by atoms with E-state index in [9.17, 15) is 0 Å². The fourth-order valence-electron chi connectivity index (χ4n) is 1.87. The Balaban J connectivity index is 0.00000529. The predicted molar refractivity (Wildman–Crippen MR) is 108 cm³/mol. The van der Waals surface area contributed by atoms with Gasteiger partial charge in [0.1, 0.15) is 0 Å². The van der Waals surface area contributed by atoms with Gasteiger partial charge in [0.2, 0.25) is 0 Å². The summed E-state index contributed by atoms with van der Waals surface area (Å²) in [6.07, 6.45) is 4.05. The van der Waals surface area contributed by atoms with Crippen molar-refractivity contribution >= 4 is 29.9 Å². The number of unbranched alkanes of at least 4 members (excludes halogenated alkanes) is 1. The van der Waals surface area contributed by atoms with E-state index in [1.807, 2.05) is 24.7 Å². The van der Waals surface area contributed by atoms with E-state index < -0.39 is 0 Å². The molecular formula is C16H32IN5O2. The summed E-state index contributed by atoms with van der Waals surface area (Å²) in [5, 5.41) is 10.6. The largest absolute Gasteiger partial charge is 0.379 e. The number of nitrogens with zero attached hydrogens (tertiary/aromatic N) is 3. The molecule has 0 amide bonds. The van der Waals surface area contributed by atoms with Crippen molar-refractivity contribution in [2.75, 3.05) is 39.5 Å². The number of ether oxygens (including phenoxy) is 2. The van der Waals surface area contributed by atoms with Crippen LogP contribution in [0.1, 0.15) is 32.4 Å². The standard InChI is InChI=1S/C16H31N5O2.HI/c1-4-6-10-22-12-13-23-11-9-18-16(17-5-2)19-14-15-7-8-20-21(15)3;/h7-8H,4-6,9-14H2,1-3H3,(H2,17,18,19);1H. The van der Waals surface area contributed by atoms with E-state index in [2.05, 4.69) is 27.6 Å². The molecule has 0 aliphatic rings. The number of guanidine groups is 1. The summed E-state index contributed by atoms with van der Waals surface area (Å²) in [5.41, 5.74) is 1.07. The van der Waals surface area contributed by atoms with Crippen LogP contribution >= 0.6 is 24.0 Å². The Morgan fingerprint density at radius 2 is 1.92 bits per heavy atom. The van der Waals surface area contributed by atoms with Crippen LogP contribution in [0.25, 0.3) is 0 Å². The van der Waals surface area contributed by atoms with Crippen molar-refractivity contribution in [3.63, 3.8) is 0 Å². The molecule has 1 heterocycles. The van der Waals surface area contributed by atoms with Crippen LogP contribution in [-0.2, 0) is 23.1 Å². The summed E-state index contributed by atoms with van der Waals surface area (Å²) in [6, 6.07) is 1.97. The third-order valence-corrected chi connectivity index (χ3v) is 3.22. The van der Waals surface area contributed by atoms with E-state index in [1.165, 1.54) is 0 Å². The monoisotopic (exact) mass is 453 g/mol. The molecule has 7 nitrogen and oxygen atoms in total. The fourth-order valence-corrected chi connectivity index (χ4v) is 1.87. The molecule has 1 aromatic heterocycles. The van der Waals surface area contributed by atoms with Gasteiger partial charge in [-0.2, -0.15) is 5.10 Å². The molecule has 24 heavy (non-hydrogen) atoms.